The molecule has 4 aliphatic rings. The van der Waals surface area contributed by atoms with Crippen LogP contribution in [0.2, 0.25) is 0 Å². The van der Waals surface area contributed by atoms with E-state index in [-0.39, 0.29) is 11.3 Å². The fourth-order valence-electron chi connectivity index (χ4n) is 8.29. The quantitative estimate of drug-likeness (QED) is 0.740. The van der Waals surface area contributed by atoms with Gasteiger partial charge in [0.1, 0.15) is 6.17 Å². The number of halogens is 1. The van der Waals surface area contributed by atoms with Crippen LogP contribution >= 0.6 is 0 Å². The van der Waals surface area contributed by atoms with E-state index in [4.69, 9.17) is 0 Å². The van der Waals surface area contributed by atoms with E-state index in [0.717, 1.165) is 12.8 Å². The van der Waals surface area contributed by atoms with Crippen LogP contribution in [-0.2, 0) is 6.54 Å². The van der Waals surface area contributed by atoms with Crippen molar-refractivity contribution in [2.45, 2.75) is 83.5 Å². The van der Waals surface area contributed by atoms with Crippen molar-refractivity contribution in [2.24, 2.45) is 40.9 Å². The summed E-state index contributed by atoms with van der Waals surface area (Å²) in [6, 6.07) is 0. The number of aromatic nitrogens is 3. The van der Waals surface area contributed by atoms with Crippen molar-refractivity contribution >= 4 is 0 Å². The predicted molar refractivity (Wildman–Crippen MR) is 111 cm³/mol. The van der Waals surface area contributed by atoms with Gasteiger partial charge in [-0.15, -0.1) is 0 Å². The van der Waals surface area contributed by atoms with Gasteiger partial charge in [0, 0.05) is 0 Å². The summed E-state index contributed by atoms with van der Waals surface area (Å²) >= 11 is 0. The summed E-state index contributed by atoms with van der Waals surface area (Å²) in [6.45, 7) is 9.50. The molecule has 1 aromatic rings. The van der Waals surface area contributed by atoms with E-state index in [1.54, 1.807) is 17.2 Å². The summed E-state index contributed by atoms with van der Waals surface area (Å²) in [5, 5.41) is 19.1. The van der Waals surface area contributed by atoms with Crippen molar-refractivity contribution in [3.63, 3.8) is 0 Å². The number of nitrogens with zero attached hydrogens (tertiary/aromatic N) is 3. The maximum atomic E-state index is 15.4. The lowest BCUT2D eigenvalue weighted by Crippen LogP contribution is -2.54. The molecule has 5 heteroatoms. The molecular weight excluding hydrogens is 365 g/mol. The van der Waals surface area contributed by atoms with E-state index in [0.29, 0.717) is 49.0 Å². The normalized spacial score (nSPS) is 49.2. The summed E-state index contributed by atoms with van der Waals surface area (Å²) in [4.78, 5) is 1.74. The van der Waals surface area contributed by atoms with Crippen molar-refractivity contribution in [1.82, 2.24) is 15.0 Å². The smallest absolute Gasteiger partial charge is 0.104 e. The lowest BCUT2D eigenvalue weighted by molar-refractivity contribution is -0.125. The van der Waals surface area contributed by atoms with Gasteiger partial charge in [0.25, 0.3) is 0 Å². The molecule has 160 valence electrons. The Morgan fingerprint density at radius 1 is 1.07 bits per heavy atom. The second-order valence-electron chi connectivity index (χ2n) is 11.1. The Morgan fingerprint density at radius 3 is 2.52 bits per heavy atom. The number of hydrogen-bond donors (Lipinski definition) is 1. The SMILES string of the molecule is C=C(Cn1nccn1)[C@H]1CC[C@H]2[C@@H]3C[C@@H](F)[C@H]4C[C@](C)(O)CC[C@@H]4[C@H]3CC[C@]12C. The first-order valence-electron chi connectivity index (χ1n) is 11.7. The maximum Gasteiger partial charge on any atom is 0.104 e. The third-order valence-electron chi connectivity index (χ3n) is 9.55. The monoisotopic (exact) mass is 401 g/mol. The van der Waals surface area contributed by atoms with Crippen LogP contribution in [0.4, 0.5) is 4.39 Å². The average molecular weight is 402 g/mol. The van der Waals surface area contributed by atoms with Gasteiger partial charge in [-0.2, -0.15) is 15.0 Å². The average Bonchev–Trinajstić information content (AvgIpc) is 3.28. The van der Waals surface area contributed by atoms with Gasteiger partial charge in [-0.05, 0) is 99.2 Å². The van der Waals surface area contributed by atoms with Crippen molar-refractivity contribution < 1.29 is 9.50 Å². The second kappa shape index (κ2) is 6.90. The minimum absolute atomic E-state index is 0.0717. The Balaban J connectivity index is 1.35. The van der Waals surface area contributed by atoms with Crippen LogP contribution in [-0.4, -0.2) is 31.9 Å². The zero-order valence-electron chi connectivity index (χ0n) is 17.9. The Labute approximate surface area is 174 Å². The highest BCUT2D eigenvalue weighted by Crippen LogP contribution is 2.65. The molecule has 0 bridgehead atoms. The zero-order valence-corrected chi connectivity index (χ0v) is 17.9. The van der Waals surface area contributed by atoms with Crippen molar-refractivity contribution in [1.29, 1.82) is 0 Å². The first-order valence-corrected chi connectivity index (χ1v) is 11.7. The highest BCUT2D eigenvalue weighted by molar-refractivity contribution is 5.16. The largest absolute Gasteiger partial charge is 0.390 e. The van der Waals surface area contributed by atoms with Gasteiger partial charge in [-0.3, -0.25) is 0 Å². The minimum atomic E-state index is -0.745. The third kappa shape index (κ3) is 3.19. The number of hydrogen-bond acceptors (Lipinski definition) is 3. The van der Waals surface area contributed by atoms with Crippen LogP contribution in [0, 0.1) is 40.9 Å². The third-order valence-corrected chi connectivity index (χ3v) is 9.55. The molecule has 0 aliphatic heterocycles. The van der Waals surface area contributed by atoms with E-state index in [1.165, 1.54) is 31.3 Å². The molecule has 0 unspecified atom stereocenters. The lowest BCUT2D eigenvalue weighted by atomic mass is 9.48. The van der Waals surface area contributed by atoms with Gasteiger partial charge in [-0.1, -0.05) is 19.1 Å². The molecule has 1 N–H and O–H groups in total. The second-order valence-corrected chi connectivity index (χ2v) is 11.1. The standard InChI is InChI=1S/C24H36FN3O/c1-15(14-28-26-10-11-27-28)20-4-5-21-18-12-22(25)19-13-23(2,29)8-6-17(19)16(18)7-9-24(20,21)3/h10-11,16-22,29H,1,4-9,12-14H2,2-3H3/t16-,17-,18-,19+,20-,21+,22-,23-,24-/m1/s1. The number of alkyl halides is 1. The molecule has 4 saturated carbocycles. The first-order chi connectivity index (χ1) is 13.8. The van der Waals surface area contributed by atoms with Gasteiger partial charge in [0.2, 0.25) is 0 Å². The molecule has 0 aromatic carbocycles. The van der Waals surface area contributed by atoms with E-state index in [2.05, 4.69) is 23.7 Å². The van der Waals surface area contributed by atoms with Crippen LogP contribution in [0.5, 0.6) is 0 Å². The molecule has 4 aliphatic carbocycles. The number of allylic oxidation sites excluding steroid dienone is 1. The Kier molecular flexibility index (Phi) is 4.69. The van der Waals surface area contributed by atoms with Gasteiger partial charge >= 0.3 is 0 Å². The van der Waals surface area contributed by atoms with E-state index < -0.39 is 11.8 Å². The van der Waals surface area contributed by atoms with Crippen molar-refractivity contribution in [2.75, 3.05) is 0 Å². The Hall–Kier alpha value is -1.23. The molecule has 4 nitrogen and oxygen atoms in total. The summed E-state index contributed by atoms with van der Waals surface area (Å²) in [6.07, 6.45) is 10.7. The molecule has 0 saturated heterocycles. The minimum Gasteiger partial charge on any atom is -0.390 e. The number of aliphatic hydroxyl groups is 1. The Bertz CT molecular complexity index is 762. The molecule has 29 heavy (non-hydrogen) atoms. The van der Waals surface area contributed by atoms with Gasteiger partial charge in [-0.25, -0.2) is 4.39 Å². The van der Waals surface area contributed by atoms with Crippen LogP contribution in [0.25, 0.3) is 0 Å². The molecule has 5 rings (SSSR count). The molecule has 0 spiro atoms. The summed E-state index contributed by atoms with van der Waals surface area (Å²) in [5.74, 6) is 2.80. The van der Waals surface area contributed by atoms with Crippen molar-refractivity contribution in [3.8, 4) is 0 Å². The highest BCUT2D eigenvalue weighted by atomic mass is 19.1. The summed E-state index contributed by atoms with van der Waals surface area (Å²) in [5.41, 5.74) is 0.806. The van der Waals surface area contributed by atoms with Crippen LogP contribution in [0.1, 0.15) is 65.2 Å². The van der Waals surface area contributed by atoms with Crippen LogP contribution in [0.15, 0.2) is 24.5 Å². The lowest BCUT2D eigenvalue weighted by Gasteiger charge is -2.57. The van der Waals surface area contributed by atoms with Crippen molar-refractivity contribution in [3.05, 3.63) is 24.5 Å². The van der Waals surface area contributed by atoms with E-state index in [9.17, 15) is 5.11 Å². The van der Waals surface area contributed by atoms with E-state index in [1.807, 2.05) is 6.92 Å². The summed E-state index contributed by atoms with van der Waals surface area (Å²) < 4.78 is 15.4. The maximum absolute atomic E-state index is 15.4. The zero-order chi connectivity index (χ0) is 20.4. The molecule has 0 radical (unpaired) electrons. The molecule has 0 amide bonds. The van der Waals surface area contributed by atoms with E-state index >= 15 is 4.39 Å². The molecule has 1 aromatic heterocycles. The summed E-state index contributed by atoms with van der Waals surface area (Å²) in [7, 11) is 0. The molecular formula is C24H36FN3O. The fourth-order valence-corrected chi connectivity index (χ4v) is 8.29. The van der Waals surface area contributed by atoms with Gasteiger partial charge < -0.3 is 5.11 Å². The Morgan fingerprint density at radius 2 is 1.76 bits per heavy atom. The van der Waals surface area contributed by atoms with Crippen LogP contribution in [0.3, 0.4) is 0 Å². The molecule has 1 heterocycles. The topological polar surface area (TPSA) is 50.9 Å². The van der Waals surface area contributed by atoms with Gasteiger partial charge in [0.05, 0.1) is 24.5 Å². The number of fused-ring (bicyclic) bond motifs is 5. The predicted octanol–water partition coefficient (Wildman–Crippen LogP) is 4.80. The first kappa shape index (κ1) is 19.7. The highest BCUT2D eigenvalue weighted by Gasteiger charge is 2.59. The van der Waals surface area contributed by atoms with Gasteiger partial charge in [0.15, 0.2) is 0 Å². The molecule has 4 fully saturated rings. The fraction of sp³-hybridized carbons (Fsp3) is 0.833. The molecule has 9 atom stereocenters. The number of rotatable bonds is 3. The van der Waals surface area contributed by atoms with Crippen LogP contribution < -0.4 is 0 Å².